The molecule has 2 aromatic heterocycles. The summed E-state index contributed by atoms with van der Waals surface area (Å²) in [5.41, 5.74) is 5.89. The van der Waals surface area contributed by atoms with Crippen molar-refractivity contribution < 1.29 is 9.32 Å². The van der Waals surface area contributed by atoms with E-state index in [0.29, 0.717) is 37.0 Å². The monoisotopic (exact) mass is 375 g/mol. The van der Waals surface area contributed by atoms with Crippen molar-refractivity contribution in [1.82, 2.24) is 30.0 Å². The summed E-state index contributed by atoms with van der Waals surface area (Å²) in [4.78, 5) is 19.5. The summed E-state index contributed by atoms with van der Waals surface area (Å²) in [7, 11) is 0. The Morgan fingerprint density at radius 1 is 1.33 bits per heavy atom. The van der Waals surface area contributed by atoms with Crippen LogP contribution in [0.3, 0.4) is 0 Å². The zero-order valence-electron chi connectivity index (χ0n) is 16.2. The van der Waals surface area contributed by atoms with Crippen molar-refractivity contribution in [1.29, 1.82) is 0 Å². The molecule has 0 bridgehead atoms. The molecule has 1 aliphatic rings. The van der Waals surface area contributed by atoms with E-state index in [4.69, 9.17) is 10.3 Å². The van der Waals surface area contributed by atoms with E-state index in [-0.39, 0.29) is 17.9 Å². The molecule has 0 radical (unpaired) electrons. The van der Waals surface area contributed by atoms with Crippen molar-refractivity contribution in [3.63, 3.8) is 0 Å². The smallest absolute Gasteiger partial charge is 0.276 e. The normalized spacial score (nSPS) is 18.1. The lowest BCUT2D eigenvalue weighted by Gasteiger charge is -2.26. The molecule has 1 saturated heterocycles. The van der Waals surface area contributed by atoms with Crippen LogP contribution in [0.2, 0.25) is 0 Å². The van der Waals surface area contributed by atoms with Gasteiger partial charge >= 0.3 is 0 Å². The number of nitrogens with two attached hydrogens (primary N) is 1. The number of unbranched alkanes of at least 4 members (excludes halogenated alkanes) is 1. The largest absolute Gasteiger partial charge is 0.339 e. The number of carbonyl (C=O) groups excluding carboxylic acids is 1. The lowest BCUT2D eigenvalue weighted by Crippen LogP contribution is -2.35. The fourth-order valence-electron chi connectivity index (χ4n) is 3.31. The van der Waals surface area contributed by atoms with Crippen LogP contribution in [0, 0.1) is 0 Å². The van der Waals surface area contributed by atoms with Crippen molar-refractivity contribution in [2.45, 2.75) is 70.9 Å². The summed E-state index contributed by atoms with van der Waals surface area (Å²) < 4.78 is 7.08. The number of amides is 1. The second kappa shape index (κ2) is 9.07. The Morgan fingerprint density at radius 3 is 2.93 bits per heavy atom. The topological polar surface area (TPSA) is 116 Å². The van der Waals surface area contributed by atoms with Gasteiger partial charge in [-0.15, -0.1) is 5.10 Å². The van der Waals surface area contributed by atoms with Gasteiger partial charge in [-0.05, 0) is 32.2 Å². The molecule has 2 aromatic rings. The maximum atomic E-state index is 13.1. The average Bonchev–Trinajstić information content (AvgIpc) is 3.26. The summed E-state index contributed by atoms with van der Waals surface area (Å²) in [6, 6.07) is -0.182. The molecular weight excluding hydrogens is 346 g/mol. The van der Waals surface area contributed by atoms with Crippen LogP contribution in [0.4, 0.5) is 0 Å². The predicted octanol–water partition coefficient (Wildman–Crippen LogP) is 2.28. The van der Waals surface area contributed by atoms with Gasteiger partial charge in [-0.1, -0.05) is 37.1 Å². The second-order valence-corrected chi connectivity index (χ2v) is 7.37. The number of rotatable bonds is 7. The SMILES string of the molecule is CC(C)c1nc(C2CCCCCN2C(=O)c2cn(CCCCN)nn2)no1. The van der Waals surface area contributed by atoms with Gasteiger partial charge in [-0.25, -0.2) is 0 Å². The minimum absolute atomic E-state index is 0.122. The summed E-state index contributed by atoms with van der Waals surface area (Å²) in [5.74, 6) is 1.23. The highest BCUT2D eigenvalue weighted by Crippen LogP contribution is 2.30. The molecule has 9 nitrogen and oxygen atoms in total. The van der Waals surface area contributed by atoms with E-state index in [1.165, 1.54) is 0 Å². The molecule has 0 saturated carbocycles. The number of aromatic nitrogens is 5. The van der Waals surface area contributed by atoms with E-state index < -0.39 is 0 Å². The van der Waals surface area contributed by atoms with Crippen molar-refractivity contribution in [3.8, 4) is 0 Å². The standard InChI is InChI=1S/C18H29N7O2/c1-13(2)17-20-16(22-27-17)15-8-4-3-6-11-25(15)18(26)14-12-24(23-21-14)10-7-5-9-19/h12-13,15H,3-11,19H2,1-2H3. The zero-order chi connectivity index (χ0) is 19.2. The molecule has 1 unspecified atom stereocenters. The molecule has 0 aromatic carbocycles. The van der Waals surface area contributed by atoms with Crippen LogP contribution >= 0.6 is 0 Å². The highest BCUT2D eigenvalue weighted by atomic mass is 16.5. The third kappa shape index (κ3) is 4.71. The summed E-state index contributed by atoms with van der Waals surface area (Å²) in [6.45, 7) is 6.05. The molecule has 1 aliphatic heterocycles. The molecule has 3 heterocycles. The Morgan fingerprint density at radius 2 is 2.19 bits per heavy atom. The third-order valence-corrected chi connectivity index (χ3v) is 4.86. The van der Waals surface area contributed by atoms with Gasteiger partial charge in [-0.3, -0.25) is 9.48 Å². The van der Waals surface area contributed by atoms with Crippen molar-refractivity contribution in [3.05, 3.63) is 23.6 Å². The van der Waals surface area contributed by atoms with Gasteiger partial charge in [0.25, 0.3) is 5.91 Å². The van der Waals surface area contributed by atoms with Gasteiger partial charge in [0.2, 0.25) is 5.89 Å². The first kappa shape index (κ1) is 19.5. The molecular formula is C18H29N7O2. The van der Waals surface area contributed by atoms with Crippen LogP contribution in [0.1, 0.15) is 86.5 Å². The highest BCUT2D eigenvalue weighted by Gasteiger charge is 2.32. The van der Waals surface area contributed by atoms with Gasteiger partial charge in [0.15, 0.2) is 11.5 Å². The van der Waals surface area contributed by atoms with Crippen molar-refractivity contribution in [2.75, 3.05) is 13.1 Å². The molecule has 9 heteroatoms. The van der Waals surface area contributed by atoms with E-state index in [9.17, 15) is 4.79 Å². The van der Waals surface area contributed by atoms with E-state index in [1.54, 1.807) is 10.9 Å². The maximum Gasteiger partial charge on any atom is 0.276 e. The number of likely N-dealkylation sites (tertiary alicyclic amines) is 1. The Labute approximate surface area is 159 Å². The number of aryl methyl sites for hydroxylation is 1. The molecule has 2 N–H and O–H groups in total. The van der Waals surface area contributed by atoms with Gasteiger partial charge in [-0.2, -0.15) is 4.98 Å². The van der Waals surface area contributed by atoms with Gasteiger partial charge in [0.1, 0.15) is 0 Å². The number of carbonyl (C=O) groups is 1. The number of hydrogen-bond acceptors (Lipinski definition) is 7. The molecule has 148 valence electrons. The summed E-state index contributed by atoms with van der Waals surface area (Å²) >= 11 is 0. The molecule has 0 aliphatic carbocycles. The fraction of sp³-hybridized carbons (Fsp3) is 0.722. The van der Waals surface area contributed by atoms with Crippen LogP contribution in [0.5, 0.6) is 0 Å². The quantitative estimate of drug-likeness (QED) is 0.738. The third-order valence-electron chi connectivity index (χ3n) is 4.86. The first-order valence-corrected chi connectivity index (χ1v) is 9.84. The van der Waals surface area contributed by atoms with Crippen LogP contribution in [0.15, 0.2) is 10.7 Å². The van der Waals surface area contributed by atoms with E-state index >= 15 is 0 Å². The van der Waals surface area contributed by atoms with Crippen molar-refractivity contribution >= 4 is 5.91 Å². The second-order valence-electron chi connectivity index (χ2n) is 7.37. The predicted molar refractivity (Wildman–Crippen MR) is 98.9 cm³/mol. The first-order valence-electron chi connectivity index (χ1n) is 9.84. The van der Waals surface area contributed by atoms with E-state index in [2.05, 4.69) is 20.5 Å². The highest BCUT2D eigenvalue weighted by molar-refractivity contribution is 5.92. The number of hydrogen-bond donors (Lipinski definition) is 1. The fourth-order valence-corrected chi connectivity index (χ4v) is 3.31. The van der Waals surface area contributed by atoms with Crippen LogP contribution < -0.4 is 5.73 Å². The van der Waals surface area contributed by atoms with Crippen LogP contribution in [0.25, 0.3) is 0 Å². The van der Waals surface area contributed by atoms with Gasteiger partial charge in [0, 0.05) is 19.0 Å². The molecule has 1 amide bonds. The first-order chi connectivity index (χ1) is 13.1. The van der Waals surface area contributed by atoms with E-state index in [1.807, 2.05) is 18.7 Å². The molecule has 1 atom stereocenters. The van der Waals surface area contributed by atoms with Gasteiger partial charge < -0.3 is 15.2 Å². The molecule has 3 rings (SSSR count). The lowest BCUT2D eigenvalue weighted by molar-refractivity contribution is 0.0664. The van der Waals surface area contributed by atoms with Gasteiger partial charge in [0.05, 0.1) is 12.2 Å². The lowest BCUT2D eigenvalue weighted by atomic mass is 10.1. The van der Waals surface area contributed by atoms with Crippen molar-refractivity contribution in [2.24, 2.45) is 5.73 Å². The Balaban J connectivity index is 1.77. The Bertz CT molecular complexity index is 740. The average molecular weight is 375 g/mol. The Kier molecular flexibility index (Phi) is 6.54. The van der Waals surface area contributed by atoms with Crippen LogP contribution in [-0.2, 0) is 6.54 Å². The summed E-state index contributed by atoms with van der Waals surface area (Å²) in [6.07, 6.45) is 7.46. The number of nitrogens with zero attached hydrogens (tertiary/aromatic N) is 6. The minimum Gasteiger partial charge on any atom is -0.339 e. The Hall–Kier alpha value is -2.29. The zero-order valence-corrected chi connectivity index (χ0v) is 16.2. The minimum atomic E-state index is -0.182. The summed E-state index contributed by atoms with van der Waals surface area (Å²) in [5, 5.41) is 12.3. The molecule has 0 spiro atoms. The molecule has 1 fully saturated rings. The maximum absolute atomic E-state index is 13.1. The van der Waals surface area contributed by atoms with Crippen LogP contribution in [-0.4, -0.2) is 49.0 Å². The van der Waals surface area contributed by atoms with E-state index in [0.717, 1.165) is 38.5 Å². The molecule has 27 heavy (non-hydrogen) atoms.